The summed E-state index contributed by atoms with van der Waals surface area (Å²) in [7, 11) is 3.10. The molecule has 0 radical (unpaired) electrons. The molecule has 2 aromatic carbocycles. The van der Waals surface area contributed by atoms with Crippen molar-refractivity contribution in [2.75, 3.05) is 24.9 Å². The number of nitrogens with one attached hydrogen (secondary N) is 2. The van der Waals surface area contributed by atoms with Gasteiger partial charge in [-0.2, -0.15) is 5.10 Å². The van der Waals surface area contributed by atoms with E-state index in [1.54, 1.807) is 19.2 Å². The minimum atomic E-state index is -1.08. The molecule has 1 atom stereocenters. The number of anilines is 2. The Labute approximate surface area is 182 Å². The first-order valence-electron chi connectivity index (χ1n) is 9.71. The van der Waals surface area contributed by atoms with E-state index in [0.717, 1.165) is 17.7 Å². The van der Waals surface area contributed by atoms with Crippen LogP contribution in [0.1, 0.15) is 18.2 Å². The lowest BCUT2D eigenvalue weighted by Crippen LogP contribution is -2.24. The van der Waals surface area contributed by atoms with E-state index in [9.17, 15) is 18.4 Å². The predicted octanol–water partition coefficient (Wildman–Crippen LogP) is 3.51. The van der Waals surface area contributed by atoms with Gasteiger partial charge in [0.15, 0.2) is 11.6 Å². The van der Waals surface area contributed by atoms with Gasteiger partial charge in [-0.05, 0) is 29.8 Å². The van der Waals surface area contributed by atoms with Crippen LogP contribution in [-0.4, -0.2) is 35.8 Å². The number of hydrogen-bond donors (Lipinski definition) is 2. The molecule has 4 rings (SSSR count). The summed E-state index contributed by atoms with van der Waals surface area (Å²) in [6.45, 7) is 0.199. The fraction of sp³-hybridized carbons (Fsp3) is 0.227. The molecule has 166 valence electrons. The van der Waals surface area contributed by atoms with E-state index in [2.05, 4.69) is 15.7 Å². The Balaban J connectivity index is 1.61. The normalized spacial score (nSPS) is 14.8. The van der Waals surface area contributed by atoms with E-state index >= 15 is 0 Å². The van der Waals surface area contributed by atoms with Crippen molar-refractivity contribution in [3.05, 3.63) is 59.8 Å². The van der Waals surface area contributed by atoms with Gasteiger partial charge in [0.2, 0.25) is 5.91 Å². The third kappa shape index (κ3) is 4.04. The third-order valence-corrected chi connectivity index (χ3v) is 5.06. The van der Waals surface area contributed by atoms with E-state index in [4.69, 9.17) is 9.47 Å². The van der Waals surface area contributed by atoms with Gasteiger partial charge in [0.1, 0.15) is 17.6 Å². The van der Waals surface area contributed by atoms with Crippen LogP contribution in [0.25, 0.3) is 11.1 Å². The molecule has 1 aliphatic heterocycles. The van der Waals surface area contributed by atoms with Gasteiger partial charge in [-0.25, -0.2) is 13.5 Å². The van der Waals surface area contributed by atoms with E-state index in [1.807, 2.05) is 12.1 Å². The van der Waals surface area contributed by atoms with Crippen LogP contribution in [0.4, 0.5) is 20.3 Å². The van der Waals surface area contributed by atoms with Crippen molar-refractivity contribution < 1.29 is 27.8 Å². The highest BCUT2D eigenvalue weighted by atomic mass is 19.2. The van der Waals surface area contributed by atoms with Gasteiger partial charge < -0.3 is 20.1 Å². The van der Waals surface area contributed by atoms with Gasteiger partial charge in [-0.15, -0.1) is 0 Å². The minimum Gasteiger partial charge on any atom is -0.497 e. The minimum absolute atomic E-state index is 0.0898. The van der Waals surface area contributed by atoms with Crippen molar-refractivity contribution in [3.63, 3.8) is 0 Å². The van der Waals surface area contributed by atoms with Crippen LogP contribution in [0.5, 0.6) is 5.75 Å². The number of rotatable bonds is 7. The van der Waals surface area contributed by atoms with E-state index < -0.39 is 29.5 Å². The van der Waals surface area contributed by atoms with Crippen molar-refractivity contribution in [1.82, 2.24) is 9.78 Å². The Morgan fingerprint density at radius 1 is 1.16 bits per heavy atom. The summed E-state index contributed by atoms with van der Waals surface area (Å²) in [5, 5.41) is 9.77. The molecule has 2 amide bonds. The monoisotopic (exact) mass is 442 g/mol. The first-order valence-corrected chi connectivity index (χ1v) is 9.71. The summed E-state index contributed by atoms with van der Waals surface area (Å²) in [6, 6.07) is 9.38. The second kappa shape index (κ2) is 8.75. The van der Waals surface area contributed by atoms with Crippen LogP contribution in [0, 0.1) is 11.6 Å². The first-order chi connectivity index (χ1) is 15.4. The van der Waals surface area contributed by atoms with Crippen LogP contribution in [0.2, 0.25) is 0 Å². The second-order valence-electron chi connectivity index (χ2n) is 7.16. The fourth-order valence-electron chi connectivity index (χ4n) is 3.58. The van der Waals surface area contributed by atoms with Gasteiger partial charge in [0.05, 0.1) is 25.8 Å². The average Bonchev–Trinajstić information content (AvgIpc) is 3.26. The number of amides is 2. The second-order valence-corrected chi connectivity index (χ2v) is 7.16. The van der Waals surface area contributed by atoms with E-state index in [0.29, 0.717) is 22.8 Å². The summed E-state index contributed by atoms with van der Waals surface area (Å²) < 4.78 is 38.4. The molecular weight excluding hydrogens is 422 g/mol. The predicted molar refractivity (Wildman–Crippen MR) is 112 cm³/mol. The Kier molecular flexibility index (Phi) is 5.87. The molecule has 2 heterocycles. The van der Waals surface area contributed by atoms with Crippen molar-refractivity contribution in [3.8, 4) is 16.9 Å². The molecule has 10 heteroatoms. The van der Waals surface area contributed by atoms with Gasteiger partial charge in [-0.3, -0.25) is 9.59 Å². The largest absolute Gasteiger partial charge is 0.497 e. The summed E-state index contributed by atoms with van der Waals surface area (Å²) >= 11 is 0. The lowest BCUT2D eigenvalue weighted by atomic mass is 10.1. The maximum Gasteiger partial charge on any atom is 0.251 e. The summed E-state index contributed by atoms with van der Waals surface area (Å²) in [4.78, 5) is 25.1. The Bertz CT molecular complexity index is 1180. The smallest absolute Gasteiger partial charge is 0.251 e. The van der Waals surface area contributed by atoms with Gasteiger partial charge in [0.25, 0.3) is 5.91 Å². The van der Waals surface area contributed by atoms with Crippen molar-refractivity contribution >= 4 is 23.3 Å². The van der Waals surface area contributed by atoms with Crippen molar-refractivity contribution in [2.45, 2.75) is 19.1 Å². The molecule has 3 aromatic rings. The van der Waals surface area contributed by atoms with E-state index in [-0.39, 0.29) is 18.7 Å². The number of fused-ring (bicyclic) bond motifs is 1. The lowest BCUT2D eigenvalue weighted by Gasteiger charge is -2.10. The highest BCUT2D eigenvalue weighted by molar-refractivity contribution is 6.04. The molecule has 1 unspecified atom stereocenters. The maximum atomic E-state index is 13.4. The molecule has 2 N–H and O–H groups in total. The number of benzene rings is 2. The molecule has 0 bridgehead atoms. The zero-order valence-electron chi connectivity index (χ0n) is 17.3. The number of halogens is 2. The molecule has 0 saturated heterocycles. The molecule has 8 nitrogen and oxygen atoms in total. The number of methoxy groups -OCH3 is 2. The van der Waals surface area contributed by atoms with Crippen LogP contribution in [0.15, 0.2) is 42.5 Å². The number of carbonyl (C=O) groups excluding carboxylic acids is 2. The summed E-state index contributed by atoms with van der Waals surface area (Å²) in [5.41, 5.74) is 2.17. The highest BCUT2D eigenvalue weighted by Crippen LogP contribution is 2.39. The Hall–Kier alpha value is -3.79. The fourth-order valence-corrected chi connectivity index (χ4v) is 3.58. The quantitative estimate of drug-likeness (QED) is 0.584. The summed E-state index contributed by atoms with van der Waals surface area (Å²) in [5.74, 6) is -1.90. The molecule has 1 aromatic heterocycles. The zero-order valence-corrected chi connectivity index (χ0v) is 17.3. The Morgan fingerprint density at radius 2 is 1.91 bits per heavy atom. The number of hydrogen-bond acceptors (Lipinski definition) is 5. The van der Waals surface area contributed by atoms with Gasteiger partial charge in [-0.1, -0.05) is 12.1 Å². The molecule has 1 aliphatic rings. The standard InChI is InChI=1S/C22H20F2N4O4/c1-31-11-17-20(12-3-6-14(32-2)7-4-12)21-26-22(30)18(28(21)27-17)10-19(29)25-13-5-8-15(23)16(24)9-13/h3-9,18H,10-11H2,1-2H3,(H,25,29)(H,26,30). The van der Waals surface area contributed by atoms with Crippen LogP contribution < -0.4 is 15.4 Å². The van der Waals surface area contributed by atoms with Gasteiger partial charge in [0, 0.05) is 24.4 Å². The molecule has 32 heavy (non-hydrogen) atoms. The van der Waals surface area contributed by atoms with Crippen molar-refractivity contribution in [1.29, 1.82) is 0 Å². The van der Waals surface area contributed by atoms with Crippen LogP contribution in [0.3, 0.4) is 0 Å². The number of carbonyl (C=O) groups is 2. The maximum absolute atomic E-state index is 13.4. The molecule has 0 spiro atoms. The number of aromatic nitrogens is 2. The highest BCUT2D eigenvalue weighted by Gasteiger charge is 2.37. The number of nitrogens with zero attached hydrogens (tertiary/aromatic N) is 2. The average molecular weight is 442 g/mol. The molecule has 0 aliphatic carbocycles. The van der Waals surface area contributed by atoms with E-state index in [1.165, 1.54) is 17.9 Å². The first kappa shape index (κ1) is 21.4. The number of ether oxygens (including phenoxy) is 2. The lowest BCUT2D eigenvalue weighted by molar-refractivity contribution is -0.123. The van der Waals surface area contributed by atoms with Crippen LogP contribution >= 0.6 is 0 Å². The van der Waals surface area contributed by atoms with Crippen LogP contribution in [-0.2, 0) is 20.9 Å². The van der Waals surface area contributed by atoms with Gasteiger partial charge >= 0.3 is 0 Å². The third-order valence-electron chi connectivity index (χ3n) is 5.06. The summed E-state index contributed by atoms with van der Waals surface area (Å²) in [6.07, 6.45) is -0.242. The topological polar surface area (TPSA) is 94.5 Å². The molecular formula is C22H20F2N4O4. The zero-order chi connectivity index (χ0) is 22.8. The molecule has 0 fully saturated rings. The Morgan fingerprint density at radius 3 is 2.56 bits per heavy atom. The van der Waals surface area contributed by atoms with Crippen molar-refractivity contribution in [2.24, 2.45) is 0 Å². The SMILES string of the molecule is COCc1nn2c(c1-c1ccc(OC)cc1)NC(=O)C2CC(=O)Nc1ccc(F)c(F)c1. The molecule has 0 saturated carbocycles.